The Morgan fingerprint density at radius 3 is 2.65 bits per heavy atom. The van der Waals surface area contributed by atoms with Crippen LogP contribution >= 0.6 is 36.2 Å². The number of thiazole rings is 1. The van der Waals surface area contributed by atoms with Crippen LogP contribution in [0.5, 0.6) is 0 Å². The third-order valence-electron chi connectivity index (χ3n) is 3.96. The fourth-order valence-corrected chi connectivity index (χ4v) is 3.85. The highest BCUT2D eigenvalue weighted by Gasteiger charge is 2.39. The first-order chi connectivity index (χ1) is 10.1. The van der Waals surface area contributed by atoms with Crippen molar-refractivity contribution in [2.75, 3.05) is 0 Å². The van der Waals surface area contributed by atoms with Crippen LogP contribution in [0, 0.1) is 6.92 Å². The summed E-state index contributed by atoms with van der Waals surface area (Å²) in [7, 11) is 0. The molecule has 0 bridgehead atoms. The van der Waals surface area contributed by atoms with E-state index in [4.69, 9.17) is 10.2 Å². The molecule has 0 aromatic carbocycles. The van der Waals surface area contributed by atoms with Gasteiger partial charge in [0.15, 0.2) is 0 Å². The molecule has 0 spiro atoms. The van der Waals surface area contributed by atoms with Gasteiger partial charge in [-0.1, -0.05) is 12.8 Å². The highest BCUT2D eigenvalue weighted by atomic mass is 35.5. The third-order valence-corrected chi connectivity index (χ3v) is 5.12. The predicted molar refractivity (Wildman–Crippen MR) is 95.6 cm³/mol. The molecule has 1 saturated carbocycles. The molecule has 1 fully saturated rings. The first-order valence-corrected chi connectivity index (χ1v) is 8.03. The van der Waals surface area contributed by atoms with Crippen molar-refractivity contribution in [2.45, 2.75) is 44.7 Å². The molecule has 0 unspecified atom stereocenters. The summed E-state index contributed by atoms with van der Waals surface area (Å²) in [6, 6.07) is 1.70. The van der Waals surface area contributed by atoms with Gasteiger partial charge in [0.2, 0.25) is 0 Å². The van der Waals surface area contributed by atoms with Crippen molar-refractivity contribution in [3.63, 3.8) is 0 Å². The third kappa shape index (κ3) is 4.07. The van der Waals surface area contributed by atoms with E-state index in [0.717, 1.165) is 36.4 Å². The lowest BCUT2D eigenvalue weighted by atomic mass is 9.98. The van der Waals surface area contributed by atoms with Crippen LogP contribution in [-0.2, 0) is 12.1 Å². The SMILES string of the molecule is Cc1csc(C2(NC(=O)c3coc(CN)c3)CCCC2)n1.Cl.Cl. The predicted octanol–water partition coefficient (Wildman–Crippen LogP) is 3.55. The van der Waals surface area contributed by atoms with Crippen molar-refractivity contribution in [3.8, 4) is 0 Å². The van der Waals surface area contributed by atoms with Gasteiger partial charge in [0, 0.05) is 11.1 Å². The molecule has 23 heavy (non-hydrogen) atoms. The number of nitrogens with one attached hydrogen (secondary N) is 1. The zero-order valence-electron chi connectivity index (χ0n) is 12.8. The van der Waals surface area contributed by atoms with Gasteiger partial charge in [0.05, 0.1) is 17.6 Å². The minimum Gasteiger partial charge on any atom is -0.467 e. The summed E-state index contributed by atoms with van der Waals surface area (Å²) in [6.07, 6.45) is 5.56. The Bertz CT molecular complexity index is 651. The highest BCUT2D eigenvalue weighted by molar-refractivity contribution is 7.09. The first-order valence-electron chi connectivity index (χ1n) is 7.15. The first kappa shape index (κ1) is 20.0. The number of aryl methyl sites for hydroxylation is 1. The van der Waals surface area contributed by atoms with Crippen molar-refractivity contribution in [3.05, 3.63) is 39.7 Å². The molecule has 1 amide bonds. The van der Waals surface area contributed by atoms with Crippen LogP contribution in [0.3, 0.4) is 0 Å². The zero-order valence-corrected chi connectivity index (χ0v) is 15.3. The number of carbonyl (C=O) groups excluding carboxylic acids is 1. The van der Waals surface area contributed by atoms with Gasteiger partial charge < -0.3 is 15.5 Å². The Morgan fingerprint density at radius 2 is 2.13 bits per heavy atom. The molecule has 3 N–H and O–H groups in total. The van der Waals surface area contributed by atoms with Crippen LogP contribution in [0.4, 0.5) is 0 Å². The molecular formula is C15H21Cl2N3O2S. The summed E-state index contributed by atoms with van der Waals surface area (Å²) in [5, 5.41) is 6.23. The molecule has 2 aromatic rings. The van der Waals surface area contributed by atoms with Crippen molar-refractivity contribution < 1.29 is 9.21 Å². The molecule has 1 aliphatic carbocycles. The number of furan rings is 1. The minimum atomic E-state index is -0.323. The smallest absolute Gasteiger partial charge is 0.255 e. The Balaban J connectivity index is 0.00000132. The molecule has 0 atom stereocenters. The second-order valence-corrected chi connectivity index (χ2v) is 6.40. The highest BCUT2D eigenvalue weighted by Crippen LogP contribution is 2.40. The van der Waals surface area contributed by atoms with Gasteiger partial charge in [-0.2, -0.15) is 0 Å². The monoisotopic (exact) mass is 377 g/mol. The van der Waals surface area contributed by atoms with Gasteiger partial charge in [-0.05, 0) is 25.8 Å². The molecule has 8 heteroatoms. The maximum absolute atomic E-state index is 12.5. The van der Waals surface area contributed by atoms with Crippen LogP contribution in [0.25, 0.3) is 0 Å². The molecular weight excluding hydrogens is 357 g/mol. The lowest BCUT2D eigenvalue weighted by molar-refractivity contribution is 0.0897. The lowest BCUT2D eigenvalue weighted by Crippen LogP contribution is -2.43. The van der Waals surface area contributed by atoms with E-state index < -0.39 is 0 Å². The Kier molecular flexibility index (Phi) is 7.07. The lowest BCUT2D eigenvalue weighted by Gasteiger charge is -2.27. The van der Waals surface area contributed by atoms with Crippen LogP contribution in [0.15, 0.2) is 22.1 Å². The molecule has 5 nitrogen and oxygen atoms in total. The summed E-state index contributed by atoms with van der Waals surface area (Å²) in [5.41, 5.74) is 6.72. The number of aromatic nitrogens is 1. The van der Waals surface area contributed by atoms with Gasteiger partial charge in [0.1, 0.15) is 17.0 Å². The largest absolute Gasteiger partial charge is 0.467 e. The average Bonchev–Trinajstić information content (AvgIpc) is 3.18. The van der Waals surface area contributed by atoms with E-state index >= 15 is 0 Å². The number of nitrogens with zero attached hydrogens (tertiary/aromatic N) is 1. The van der Waals surface area contributed by atoms with Crippen molar-refractivity contribution in [1.82, 2.24) is 10.3 Å². The molecule has 2 heterocycles. The number of amides is 1. The Morgan fingerprint density at radius 1 is 1.43 bits per heavy atom. The van der Waals surface area contributed by atoms with Gasteiger partial charge in [-0.3, -0.25) is 4.79 Å². The van der Waals surface area contributed by atoms with E-state index in [2.05, 4.69) is 10.3 Å². The van der Waals surface area contributed by atoms with E-state index in [1.807, 2.05) is 12.3 Å². The van der Waals surface area contributed by atoms with Crippen LogP contribution < -0.4 is 11.1 Å². The Hall–Kier alpha value is -1.08. The number of hydrogen-bond acceptors (Lipinski definition) is 5. The molecule has 0 radical (unpaired) electrons. The van der Waals surface area contributed by atoms with Gasteiger partial charge in [-0.15, -0.1) is 36.2 Å². The van der Waals surface area contributed by atoms with Crippen molar-refractivity contribution in [1.29, 1.82) is 0 Å². The maximum atomic E-state index is 12.5. The number of nitrogens with two attached hydrogens (primary N) is 1. The van der Waals surface area contributed by atoms with Crippen molar-refractivity contribution >= 4 is 42.1 Å². The number of halogens is 2. The summed E-state index contributed by atoms with van der Waals surface area (Å²) in [5.74, 6) is 0.499. The topological polar surface area (TPSA) is 81.2 Å². The molecule has 128 valence electrons. The number of carbonyl (C=O) groups is 1. The second-order valence-electron chi connectivity index (χ2n) is 5.54. The van der Waals surface area contributed by atoms with E-state index in [0.29, 0.717) is 17.9 Å². The van der Waals surface area contributed by atoms with E-state index in [1.54, 1.807) is 17.4 Å². The number of hydrogen-bond donors (Lipinski definition) is 2. The van der Waals surface area contributed by atoms with E-state index in [-0.39, 0.29) is 36.3 Å². The fourth-order valence-electron chi connectivity index (χ4n) is 2.84. The second kappa shape index (κ2) is 8.15. The van der Waals surface area contributed by atoms with E-state index in [1.165, 1.54) is 6.26 Å². The standard InChI is InChI=1S/C15H19N3O2S.2ClH/c1-10-9-21-14(17-10)15(4-2-3-5-15)18-13(19)11-6-12(7-16)20-8-11;;/h6,8-9H,2-5,7,16H2,1H3,(H,18,19);2*1H. The van der Waals surface area contributed by atoms with Crippen LogP contribution in [0.2, 0.25) is 0 Å². The zero-order chi connectivity index (χ0) is 14.9. The summed E-state index contributed by atoms with van der Waals surface area (Å²) in [6.45, 7) is 2.28. The molecule has 0 saturated heterocycles. The molecule has 1 aliphatic rings. The minimum absolute atomic E-state index is 0. The van der Waals surface area contributed by atoms with Gasteiger partial charge >= 0.3 is 0 Å². The molecule has 3 rings (SSSR count). The number of rotatable bonds is 4. The summed E-state index contributed by atoms with van der Waals surface area (Å²) in [4.78, 5) is 17.1. The molecule has 2 aromatic heterocycles. The van der Waals surface area contributed by atoms with Crippen LogP contribution in [0.1, 0.15) is 52.5 Å². The van der Waals surface area contributed by atoms with Crippen LogP contribution in [-0.4, -0.2) is 10.9 Å². The average molecular weight is 378 g/mol. The normalized spacial score (nSPS) is 15.6. The summed E-state index contributed by atoms with van der Waals surface area (Å²) >= 11 is 1.62. The van der Waals surface area contributed by atoms with E-state index in [9.17, 15) is 4.79 Å². The van der Waals surface area contributed by atoms with Gasteiger partial charge in [0.25, 0.3) is 5.91 Å². The Labute approximate surface area is 151 Å². The summed E-state index contributed by atoms with van der Waals surface area (Å²) < 4.78 is 5.24. The fraction of sp³-hybridized carbons (Fsp3) is 0.467. The molecule has 0 aliphatic heterocycles. The van der Waals surface area contributed by atoms with Crippen molar-refractivity contribution in [2.24, 2.45) is 5.73 Å². The van der Waals surface area contributed by atoms with Gasteiger partial charge in [-0.25, -0.2) is 4.98 Å². The quantitative estimate of drug-likeness (QED) is 0.853. The maximum Gasteiger partial charge on any atom is 0.255 e.